The molecule has 0 aliphatic heterocycles. The zero-order valence-electron chi connectivity index (χ0n) is 63.2. The van der Waals surface area contributed by atoms with Gasteiger partial charge in [0.05, 0.1) is 26.4 Å². The second kappa shape index (κ2) is 71.1. The largest absolute Gasteiger partial charge is 0.472 e. The van der Waals surface area contributed by atoms with E-state index in [0.29, 0.717) is 31.6 Å². The number of hydrogen-bond acceptors (Lipinski definition) is 15. The molecule has 3 N–H and O–H groups in total. The van der Waals surface area contributed by atoms with E-state index in [9.17, 15) is 43.2 Å². The summed E-state index contributed by atoms with van der Waals surface area (Å²) in [5, 5.41) is 10.6. The molecular formula is C78H152O17P2. The van der Waals surface area contributed by atoms with Gasteiger partial charge < -0.3 is 33.8 Å². The van der Waals surface area contributed by atoms with Gasteiger partial charge in [0, 0.05) is 25.7 Å². The van der Waals surface area contributed by atoms with Crippen molar-refractivity contribution < 1.29 is 80.2 Å². The topological polar surface area (TPSA) is 237 Å². The zero-order valence-corrected chi connectivity index (χ0v) is 65.0. The molecule has 0 aliphatic rings. The first-order valence-corrected chi connectivity index (χ1v) is 43.6. The fourth-order valence-corrected chi connectivity index (χ4v) is 13.6. The van der Waals surface area contributed by atoms with E-state index in [2.05, 4.69) is 34.6 Å². The first-order valence-electron chi connectivity index (χ1n) is 40.6. The molecule has 0 saturated carbocycles. The van der Waals surface area contributed by atoms with Crippen molar-refractivity contribution in [2.75, 3.05) is 39.6 Å². The fraction of sp³-hybridized carbons (Fsp3) is 0.949. The second-order valence-electron chi connectivity index (χ2n) is 28.6. The van der Waals surface area contributed by atoms with Crippen molar-refractivity contribution in [2.24, 2.45) is 5.92 Å². The van der Waals surface area contributed by atoms with Crippen LogP contribution >= 0.6 is 15.6 Å². The number of rotatable bonds is 78. The highest BCUT2D eigenvalue weighted by atomic mass is 31.2. The van der Waals surface area contributed by atoms with Crippen molar-refractivity contribution in [2.45, 2.75) is 432 Å². The molecule has 0 fully saturated rings. The van der Waals surface area contributed by atoms with Gasteiger partial charge in [-0.1, -0.05) is 362 Å². The lowest BCUT2D eigenvalue weighted by Crippen LogP contribution is -2.30. The van der Waals surface area contributed by atoms with Crippen LogP contribution in [0.15, 0.2) is 0 Å². The van der Waals surface area contributed by atoms with Crippen LogP contribution in [-0.2, 0) is 65.4 Å². The molecule has 0 aromatic rings. The van der Waals surface area contributed by atoms with Gasteiger partial charge in [0.2, 0.25) is 0 Å². The first kappa shape index (κ1) is 95.1. The summed E-state index contributed by atoms with van der Waals surface area (Å²) in [7, 11) is -9.91. The van der Waals surface area contributed by atoms with Crippen LogP contribution in [0.1, 0.15) is 413 Å². The number of aliphatic hydroxyl groups excluding tert-OH is 1. The molecule has 0 spiro atoms. The Morgan fingerprint density at radius 1 is 0.278 bits per heavy atom. The van der Waals surface area contributed by atoms with Crippen LogP contribution in [0.25, 0.3) is 0 Å². The Bertz CT molecular complexity index is 1860. The van der Waals surface area contributed by atoms with Crippen LogP contribution < -0.4 is 0 Å². The van der Waals surface area contributed by atoms with Crippen molar-refractivity contribution in [1.29, 1.82) is 0 Å². The third kappa shape index (κ3) is 72.2. The average molecular weight is 1420 g/mol. The summed E-state index contributed by atoms with van der Waals surface area (Å²) in [4.78, 5) is 72.9. The van der Waals surface area contributed by atoms with Crippen LogP contribution in [-0.4, -0.2) is 96.7 Å². The summed E-state index contributed by atoms with van der Waals surface area (Å²) in [5.41, 5.74) is 0. The molecule has 0 radical (unpaired) electrons. The minimum atomic E-state index is -4.96. The maximum Gasteiger partial charge on any atom is 0.472 e. The Morgan fingerprint density at radius 2 is 0.474 bits per heavy atom. The van der Waals surface area contributed by atoms with E-state index >= 15 is 0 Å². The van der Waals surface area contributed by atoms with Crippen molar-refractivity contribution >= 4 is 39.5 Å². The number of ether oxygens (including phenoxy) is 4. The number of hydrogen-bond donors (Lipinski definition) is 3. The Hall–Kier alpha value is -1.94. The summed E-state index contributed by atoms with van der Waals surface area (Å²) in [6.45, 7) is 7.27. The van der Waals surface area contributed by atoms with Crippen LogP contribution in [0.3, 0.4) is 0 Å². The minimum absolute atomic E-state index is 0.108. The molecule has 0 aliphatic carbocycles. The maximum absolute atomic E-state index is 13.1. The fourth-order valence-electron chi connectivity index (χ4n) is 12.1. The zero-order chi connectivity index (χ0) is 71.2. The van der Waals surface area contributed by atoms with Crippen LogP contribution in [0.2, 0.25) is 0 Å². The highest BCUT2D eigenvalue weighted by Crippen LogP contribution is 2.45. The van der Waals surface area contributed by atoms with Crippen molar-refractivity contribution in [3.05, 3.63) is 0 Å². The molecule has 0 bridgehead atoms. The Morgan fingerprint density at radius 3 is 0.701 bits per heavy atom. The van der Waals surface area contributed by atoms with Gasteiger partial charge in [0.15, 0.2) is 12.2 Å². The normalized spacial score (nSPS) is 13.9. The molecule has 17 nitrogen and oxygen atoms in total. The first-order chi connectivity index (χ1) is 47.0. The van der Waals surface area contributed by atoms with Crippen LogP contribution in [0.4, 0.5) is 0 Å². The number of phosphoric ester groups is 2. The number of phosphoric acid groups is 2. The van der Waals surface area contributed by atoms with Gasteiger partial charge in [0.1, 0.15) is 19.3 Å². The Labute approximate surface area is 594 Å². The number of esters is 4. The lowest BCUT2D eigenvalue weighted by Gasteiger charge is -2.21. The standard InChI is InChI=1S/C78H152O17P2/c1-6-9-12-15-18-21-24-27-30-33-35-38-41-46-51-56-61-75(80)88-67-73(94-77(82)64-59-54-48-43-40-37-34-31-28-25-22-19-16-13-10-7-2)69-92-96(84,85)90-65-72(79)66-91-97(86,87)93-70-74(68-89-76(81)62-57-52-49-44-45-50-55-60-71(4)5)95-78(83)63-58-53-47-42-39-36-32-29-26-23-20-17-14-11-8-3/h71-74,79H,6-70H2,1-5H3,(H,84,85)(H,86,87)/t72-,73-,74-/m1/s1. The molecule has 0 saturated heterocycles. The summed E-state index contributed by atoms with van der Waals surface area (Å²) < 4.78 is 68.6. The lowest BCUT2D eigenvalue weighted by atomic mass is 10.0. The van der Waals surface area contributed by atoms with Crippen molar-refractivity contribution in [3.63, 3.8) is 0 Å². The third-order valence-electron chi connectivity index (χ3n) is 18.3. The van der Waals surface area contributed by atoms with E-state index < -0.39 is 97.5 Å². The van der Waals surface area contributed by atoms with E-state index in [1.165, 1.54) is 231 Å². The van der Waals surface area contributed by atoms with Gasteiger partial charge in [-0.2, -0.15) is 0 Å². The van der Waals surface area contributed by atoms with Gasteiger partial charge in [-0.3, -0.25) is 37.3 Å². The Balaban J connectivity index is 5.24. The molecule has 0 heterocycles. The SMILES string of the molecule is CCCCCCCCCCCCCCCCCCC(=O)OC[C@H](COP(=O)(O)OC[C@@H](O)COP(=O)(O)OC[C@@H](COC(=O)CCCCCCCCCC(C)C)OC(=O)CCCCCCCCCCCCCCCCC)OC(=O)CCCCCCCCCCCCCCCCCC. The number of unbranched alkanes of at least 4 members (excludes halogenated alkanes) is 50. The molecule has 2 unspecified atom stereocenters. The van der Waals surface area contributed by atoms with Gasteiger partial charge in [-0.05, 0) is 31.6 Å². The van der Waals surface area contributed by atoms with Gasteiger partial charge in [-0.25, -0.2) is 9.13 Å². The highest BCUT2D eigenvalue weighted by Gasteiger charge is 2.30. The van der Waals surface area contributed by atoms with E-state index in [1.54, 1.807) is 0 Å². The van der Waals surface area contributed by atoms with Crippen molar-refractivity contribution in [1.82, 2.24) is 0 Å². The predicted octanol–water partition coefficient (Wildman–Crippen LogP) is 23.3. The summed E-state index contributed by atoms with van der Waals surface area (Å²) in [5.74, 6) is -1.40. The molecule has 19 heteroatoms. The highest BCUT2D eigenvalue weighted by molar-refractivity contribution is 7.47. The number of carbonyl (C=O) groups is 4. The van der Waals surface area contributed by atoms with Gasteiger partial charge in [-0.15, -0.1) is 0 Å². The molecular weight excluding hydrogens is 1270 g/mol. The smallest absolute Gasteiger partial charge is 0.462 e. The molecule has 0 aromatic carbocycles. The predicted molar refractivity (Wildman–Crippen MR) is 395 cm³/mol. The molecule has 0 rings (SSSR count). The molecule has 0 aromatic heterocycles. The van der Waals surface area contributed by atoms with Crippen molar-refractivity contribution in [3.8, 4) is 0 Å². The van der Waals surface area contributed by atoms with E-state index in [1.807, 2.05) is 0 Å². The van der Waals surface area contributed by atoms with E-state index in [-0.39, 0.29) is 25.7 Å². The number of carbonyl (C=O) groups excluding carboxylic acids is 4. The lowest BCUT2D eigenvalue weighted by molar-refractivity contribution is -0.161. The maximum atomic E-state index is 13.1. The average Bonchev–Trinajstić information content (AvgIpc) is 1.00. The summed E-state index contributed by atoms with van der Waals surface area (Å²) in [6.07, 6.45) is 61.0. The molecule has 97 heavy (non-hydrogen) atoms. The van der Waals surface area contributed by atoms with Gasteiger partial charge >= 0.3 is 39.5 Å². The molecule has 0 amide bonds. The molecule has 576 valence electrons. The monoisotopic (exact) mass is 1420 g/mol. The minimum Gasteiger partial charge on any atom is -0.462 e. The van der Waals surface area contributed by atoms with Crippen LogP contribution in [0.5, 0.6) is 0 Å². The third-order valence-corrected chi connectivity index (χ3v) is 20.2. The quantitative estimate of drug-likeness (QED) is 0.0222. The summed E-state index contributed by atoms with van der Waals surface area (Å²) in [6, 6.07) is 0. The van der Waals surface area contributed by atoms with E-state index in [0.717, 1.165) is 96.3 Å². The second-order valence-corrected chi connectivity index (χ2v) is 31.5. The van der Waals surface area contributed by atoms with E-state index in [4.69, 9.17) is 37.0 Å². The number of aliphatic hydroxyl groups is 1. The molecule has 5 atom stereocenters. The van der Waals surface area contributed by atoms with Crippen LogP contribution in [0, 0.1) is 5.92 Å². The summed E-state index contributed by atoms with van der Waals surface area (Å²) >= 11 is 0. The van der Waals surface area contributed by atoms with Gasteiger partial charge in [0.25, 0.3) is 0 Å². The Kier molecular flexibility index (Phi) is 69.6.